The van der Waals surface area contributed by atoms with Crippen LogP contribution < -0.4 is 10.9 Å². The molecular weight excluding hydrogens is 344 g/mol. The third-order valence-corrected chi connectivity index (χ3v) is 5.11. The number of nitrogens with zero attached hydrogens (tertiary/aromatic N) is 1. The number of Topliss-reactive ketones (excluding diaryl/α,β-unsaturated/α-hetero) is 1. The van der Waals surface area contributed by atoms with E-state index >= 15 is 0 Å². The summed E-state index contributed by atoms with van der Waals surface area (Å²) in [6, 6.07) is 8.64. The molecule has 0 spiro atoms. The molecule has 1 aliphatic carbocycles. The van der Waals surface area contributed by atoms with Crippen LogP contribution in [0.2, 0.25) is 0 Å². The lowest BCUT2D eigenvalue weighted by Gasteiger charge is -2.24. The van der Waals surface area contributed by atoms with E-state index in [2.05, 4.69) is 5.32 Å². The van der Waals surface area contributed by atoms with Crippen LogP contribution in [-0.2, 0) is 13.2 Å². The maximum absolute atomic E-state index is 12.7. The molecule has 1 heterocycles. The minimum atomic E-state index is -0.504. The van der Waals surface area contributed by atoms with Gasteiger partial charge in [0.25, 0.3) is 11.5 Å². The van der Waals surface area contributed by atoms with Gasteiger partial charge >= 0.3 is 0 Å². The van der Waals surface area contributed by atoms with Gasteiger partial charge < -0.3 is 15.0 Å². The number of aliphatic hydroxyl groups excluding tert-OH is 1. The number of carbonyl (C=O) groups excluding carboxylic acids is 2. The van der Waals surface area contributed by atoms with E-state index < -0.39 is 11.5 Å². The molecule has 2 aromatic rings. The lowest BCUT2D eigenvalue weighted by Crippen LogP contribution is -2.32. The molecule has 1 amide bonds. The molecule has 2 N–H and O–H groups in total. The molecule has 0 aliphatic heterocycles. The van der Waals surface area contributed by atoms with Crippen LogP contribution in [0.3, 0.4) is 0 Å². The van der Waals surface area contributed by atoms with Gasteiger partial charge in [0.15, 0.2) is 5.78 Å². The molecule has 1 aliphatic rings. The summed E-state index contributed by atoms with van der Waals surface area (Å²) in [5, 5.41) is 11.8. The molecule has 1 aromatic heterocycles. The highest BCUT2D eigenvalue weighted by atomic mass is 16.3. The van der Waals surface area contributed by atoms with Gasteiger partial charge in [0.05, 0.1) is 13.2 Å². The Morgan fingerprint density at radius 3 is 2.59 bits per heavy atom. The van der Waals surface area contributed by atoms with Crippen molar-refractivity contribution in [3.05, 3.63) is 69.1 Å². The van der Waals surface area contributed by atoms with E-state index in [0.717, 1.165) is 30.4 Å². The number of aliphatic hydroxyl groups is 1. The summed E-state index contributed by atoms with van der Waals surface area (Å²) in [7, 11) is 1.46. The maximum atomic E-state index is 12.7. The number of benzene rings is 1. The summed E-state index contributed by atoms with van der Waals surface area (Å²) in [5.41, 5.74) is 1.47. The van der Waals surface area contributed by atoms with Gasteiger partial charge in [0, 0.05) is 25.2 Å². The lowest BCUT2D eigenvalue weighted by molar-refractivity contribution is 0.0935. The molecule has 0 atom stereocenters. The van der Waals surface area contributed by atoms with Gasteiger partial charge in [0.2, 0.25) is 0 Å². The zero-order chi connectivity index (χ0) is 19.4. The fourth-order valence-electron chi connectivity index (χ4n) is 3.30. The van der Waals surface area contributed by atoms with Gasteiger partial charge in [-0.2, -0.15) is 0 Å². The Kier molecular flexibility index (Phi) is 5.86. The van der Waals surface area contributed by atoms with Crippen molar-refractivity contribution in [3.8, 4) is 0 Å². The molecule has 0 bridgehead atoms. The van der Waals surface area contributed by atoms with E-state index in [4.69, 9.17) is 0 Å². The first-order valence-electron chi connectivity index (χ1n) is 9.20. The Labute approximate surface area is 157 Å². The Balaban J connectivity index is 1.97. The summed E-state index contributed by atoms with van der Waals surface area (Å²) in [6.07, 6.45) is 5.26. The summed E-state index contributed by atoms with van der Waals surface area (Å²) < 4.78 is 1.40. The minimum Gasteiger partial charge on any atom is -0.392 e. The fourth-order valence-corrected chi connectivity index (χ4v) is 3.30. The van der Waals surface area contributed by atoms with E-state index in [9.17, 15) is 19.5 Å². The fraction of sp³-hybridized carbons (Fsp3) is 0.381. The van der Waals surface area contributed by atoms with Gasteiger partial charge in [-0.15, -0.1) is 0 Å². The highest BCUT2D eigenvalue weighted by molar-refractivity contribution is 6.00. The number of carbonyl (C=O) groups is 2. The third-order valence-electron chi connectivity index (χ3n) is 5.11. The van der Waals surface area contributed by atoms with Crippen LogP contribution in [-0.4, -0.2) is 28.4 Å². The van der Waals surface area contributed by atoms with Crippen molar-refractivity contribution in [1.82, 2.24) is 9.88 Å². The van der Waals surface area contributed by atoms with Crippen LogP contribution in [0.1, 0.15) is 57.5 Å². The van der Waals surface area contributed by atoms with E-state index in [-0.39, 0.29) is 24.5 Å². The smallest absolute Gasteiger partial charge is 0.263 e. The Bertz CT molecular complexity index is 913. The van der Waals surface area contributed by atoms with Gasteiger partial charge in [-0.1, -0.05) is 43.5 Å². The summed E-state index contributed by atoms with van der Waals surface area (Å²) >= 11 is 0. The molecule has 1 saturated carbocycles. The SMILES string of the molecule is CNC(=O)c1cc(C(=O)CC2CCC2)cn(Cc2cccc(CO)c2)c1=O. The molecule has 1 aromatic carbocycles. The van der Waals surface area contributed by atoms with E-state index in [1.165, 1.54) is 17.7 Å². The minimum absolute atomic E-state index is 0.0322. The molecular formula is C21H24N2O4. The highest BCUT2D eigenvalue weighted by Crippen LogP contribution is 2.30. The Morgan fingerprint density at radius 2 is 1.96 bits per heavy atom. The zero-order valence-electron chi connectivity index (χ0n) is 15.4. The average molecular weight is 368 g/mol. The number of hydrogen-bond donors (Lipinski definition) is 2. The Morgan fingerprint density at radius 1 is 1.22 bits per heavy atom. The van der Waals surface area contributed by atoms with Crippen LogP contribution in [0.15, 0.2) is 41.3 Å². The largest absolute Gasteiger partial charge is 0.392 e. The predicted octanol–water partition coefficient (Wildman–Crippen LogP) is 2.12. The Hall–Kier alpha value is -2.73. The average Bonchev–Trinajstić information content (AvgIpc) is 2.65. The zero-order valence-corrected chi connectivity index (χ0v) is 15.4. The van der Waals surface area contributed by atoms with Crippen molar-refractivity contribution in [3.63, 3.8) is 0 Å². The monoisotopic (exact) mass is 368 g/mol. The second-order valence-corrected chi connectivity index (χ2v) is 7.06. The van der Waals surface area contributed by atoms with Crippen LogP contribution in [0, 0.1) is 5.92 Å². The van der Waals surface area contributed by atoms with Crippen molar-refractivity contribution >= 4 is 11.7 Å². The molecule has 3 rings (SSSR count). The maximum Gasteiger partial charge on any atom is 0.263 e. The van der Waals surface area contributed by atoms with Crippen LogP contribution >= 0.6 is 0 Å². The van der Waals surface area contributed by atoms with Crippen LogP contribution in [0.4, 0.5) is 0 Å². The molecule has 0 radical (unpaired) electrons. The number of rotatable bonds is 7. The van der Waals surface area contributed by atoms with Crippen molar-refractivity contribution in [1.29, 1.82) is 0 Å². The first-order valence-corrected chi connectivity index (χ1v) is 9.20. The number of hydrogen-bond acceptors (Lipinski definition) is 4. The van der Waals surface area contributed by atoms with Gasteiger partial charge in [-0.25, -0.2) is 0 Å². The van der Waals surface area contributed by atoms with E-state index in [0.29, 0.717) is 17.9 Å². The topological polar surface area (TPSA) is 88.4 Å². The summed E-state index contributed by atoms with van der Waals surface area (Å²) in [4.78, 5) is 37.5. The van der Waals surface area contributed by atoms with Crippen LogP contribution in [0.5, 0.6) is 0 Å². The second-order valence-electron chi connectivity index (χ2n) is 7.06. The van der Waals surface area contributed by atoms with Crippen molar-refractivity contribution < 1.29 is 14.7 Å². The third kappa shape index (κ3) is 4.34. The molecule has 0 saturated heterocycles. The van der Waals surface area contributed by atoms with Gasteiger partial charge in [0.1, 0.15) is 5.56 Å². The number of ketones is 1. The van der Waals surface area contributed by atoms with Crippen molar-refractivity contribution in [2.45, 2.75) is 38.8 Å². The molecule has 27 heavy (non-hydrogen) atoms. The highest BCUT2D eigenvalue weighted by Gasteiger charge is 2.23. The molecule has 0 unspecified atom stereocenters. The lowest BCUT2D eigenvalue weighted by atomic mass is 9.81. The summed E-state index contributed by atoms with van der Waals surface area (Å²) in [6.45, 7) is 0.132. The number of pyridine rings is 1. The predicted molar refractivity (Wildman–Crippen MR) is 102 cm³/mol. The van der Waals surface area contributed by atoms with Gasteiger partial charge in [-0.3, -0.25) is 14.4 Å². The molecule has 6 heteroatoms. The van der Waals surface area contributed by atoms with Crippen molar-refractivity contribution in [2.75, 3.05) is 7.05 Å². The standard InChI is InChI=1S/C21H24N2O4/c1-22-20(26)18-10-17(19(25)9-14-4-2-5-14)12-23(21(18)27)11-15-6-3-7-16(8-15)13-24/h3,6-8,10,12,14,24H,2,4-5,9,11,13H2,1H3,(H,22,26). The number of aromatic nitrogens is 1. The number of amides is 1. The van der Waals surface area contributed by atoms with Crippen LogP contribution in [0.25, 0.3) is 0 Å². The first kappa shape index (κ1) is 19.0. The van der Waals surface area contributed by atoms with E-state index in [1.807, 2.05) is 6.07 Å². The number of nitrogens with one attached hydrogen (secondary N) is 1. The summed E-state index contributed by atoms with van der Waals surface area (Å²) in [5.74, 6) is -0.138. The quantitative estimate of drug-likeness (QED) is 0.733. The first-order chi connectivity index (χ1) is 13.0. The molecule has 1 fully saturated rings. The van der Waals surface area contributed by atoms with Crippen molar-refractivity contribution in [2.24, 2.45) is 5.92 Å². The molecule has 6 nitrogen and oxygen atoms in total. The molecule has 142 valence electrons. The van der Waals surface area contributed by atoms with E-state index in [1.54, 1.807) is 24.4 Å². The normalized spacial score (nSPS) is 13.9. The second kappa shape index (κ2) is 8.31. The van der Waals surface area contributed by atoms with Gasteiger partial charge in [-0.05, 0) is 23.1 Å².